The topological polar surface area (TPSA) is 112 Å². The Morgan fingerprint density at radius 1 is 1.27 bits per heavy atom. The summed E-state index contributed by atoms with van der Waals surface area (Å²) >= 11 is 0. The van der Waals surface area contributed by atoms with Gasteiger partial charge in [-0.15, -0.1) is 6.58 Å². The van der Waals surface area contributed by atoms with Crippen molar-refractivity contribution in [1.82, 2.24) is 25.6 Å². The fraction of sp³-hybridized carbons (Fsp3) is 0.519. The minimum absolute atomic E-state index is 0.142. The number of benzene rings is 1. The van der Waals surface area contributed by atoms with E-state index in [1.54, 1.807) is 6.08 Å². The molecule has 0 radical (unpaired) electrons. The molecule has 4 heterocycles. The lowest BCUT2D eigenvalue weighted by atomic mass is 10.0. The first-order chi connectivity index (χ1) is 19.1. The second-order valence-corrected chi connectivity index (χ2v) is 10.4. The molecule has 0 spiro atoms. The summed E-state index contributed by atoms with van der Waals surface area (Å²) in [5.74, 6) is 0.722. The lowest BCUT2D eigenvalue weighted by Gasteiger charge is -2.37. The lowest BCUT2D eigenvalue weighted by molar-refractivity contribution is -0.137. The molecule has 0 bridgehead atoms. The molecule has 2 aliphatic rings. The summed E-state index contributed by atoms with van der Waals surface area (Å²) in [6.07, 6.45) is -1.06. The molecule has 10 nitrogen and oxygen atoms in total. The van der Waals surface area contributed by atoms with Crippen LogP contribution in [0.5, 0.6) is 0 Å². The average Bonchev–Trinajstić information content (AvgIpc) is 3.62. The summed E-state index contributed by atoms with van der Waals surface area (Å²) in [5.41, 5.74) is 1.64. The van der Waals surface area contributed by atoms with E-state index in [4.69, 9.17) is 9.26 Å². The van der Waals surface area contributed by atoms with Crippen molar-refractivity contribution in [2.75, 3.05) is 49.5 Å². The second-order valence-electron chi connectivity index (χ2n) is 10.4. The van der Waals surface area contributed by atoms with Crippen LogP contribution in [-0.4, -0.2) is 83.7 Å². The van der Waals surface area contributed by atoms with E-state index < -0.39 is 11.7 Å². The number of carbonyl (C=O) groups excluding carboxylic acids is 1. The molecular weight excluding hydrogens is 527 g/mol. The van der Waals surface area contributed by atoms with Gasteiger partial charge < -0.3 is 24.8 Å². The zero-order valence-electron chi connectivity index (χ0n) is 22.6. The lowest BCUT2D eigenvalue weighted by Crippen LogP contribution is -2.47. The summed E-state index contributed by atoms with van der Waals surface area (Å²) in [6.45, 7) is 10.9. The van der Waals surface area contributed by atoms with Gasteiger partial charge in [-0.05, 0) is 44.9 Å². The number of likely N-dealkylation sites (tertiary alicyclic amines) is 1. The number of hydrogen-bond acceptors (Lipinski definition) is 8. The average molecular weight is 562 g/mol. The third-order valence-corrected chi connectivity index (χ3v) is 7.67. The van der Waals surface area contributed by atoms with E-state index in [-0.39, 0.29) is 35.8 Å². The van der Waals surface area contributed by atoms with E-state index in [1.165, 1.54) is 6.07 Å². The van der Waals surface area contributed by atoms with E-state index in [0.717, 1.165) is 55.2 Å². The number of rotatable bonds is 9. The van der Waals surface area contributed by atoms with Crippen molar-refractivity contribution < 1.29 is 27.2 Å². The predicted molar refractivity (Wildman–Crippen MR) is 144 cm³/mol. The Bertz CT molecular complexity index is 1330. The number of hydrogen-bond donors (Lipinski definition) is 3. The van der Waals surface area contributed by atoms with Crippen LogP contribution in [0.2, 0.25) is 0 Å². The molecule has 0 aliphatic carbocycles. The number of ether oxygens (including phenoxy) is 1. The standard InChI is InChI=1S/C27H34F3N7O3/c1-4-11-39-23-15-37(19-7-9-36(10-8-19)25-16(2)35-40-17(25)3)14-22(23)32-24(38)13-31-26-20-12-18(27(28,29)30)5-6-21(20)33-34-26/h4-6,12,19,22-23H,1,7-11,13-15H2,2-3H3,(H,32,38)(H2,31,33,34)/t22?,23-/m0/s1. The van der Waals surface area contributed by atoms with E-state index in [9.17, 15) is 18.0 Å². The van der Waals surface area contributed by atoms with Crippen molar-refractivity contribution >= 4 is 28.3 Å². The summed E-state index contributed by atoms with van der Waals surface area (Å²) in [7, 11) is 0. The number of amides is 1. The number of alkyl halides is 3. The van der Waals surface area contributed by atoms with E-state index in [0.29, 0.717) is 31.3 Å². The largest absolute Gasteiger partial charge is 0.416 e. The number of H-pyrrole nitrogens is 1. The number of halogens is 3. The molecular formula is C27H34F3N7O3. The van der Waals surface area contributed by atoms with Gasteiger partial charge in [-0.3, -0.25) is 14.8 Å². The highest BCUT2D eigenvalue weighted by Gasteiger charge is 2.39. The Morgan fingerprint density at radius 3 is 2.73 bits per heavy atom. The monoisotopic (exact) mass is 561 g/mol. The summed E-state index contributed by atoms with van der Waals surface area (Å²) in [4.78, 5) is 17.6. The van der Waals surface area contributed by atoms with Gasteiger partial charge in [-0.1, -0.05) is 11.2 Å². The van der Waals surface area contributed by atoms with Crippen LogP contribution in [0.1, 0.15) is 29.9 Å². The number of aromatic amines is 1. The van der Waals surface area contributed by atoms with Crippen LogP contribution in [0.25, 0.3) is 10.9 Å². The number of aryl methyl sites for hydroxylation is 2. The van der Waals surface area contributed by atoms with Gasteiger partial charge in [0.2, 0.25) is 5.91 Å². The molecule has 3 aromatic rings. The third-order valence-electron chi connectivity index (χ3n) is 7.67. The van der Waals surface area contributed by atoms with Crippen LogP contribution in [0, 0.1) is 13.8 Å². The van der Waals surface area contributed by atoms with Crippen molar-refractivity contribution in [3.05, 3.63) is 47.9 Å². The van der Waals surface area contributed by atoms with Gasteiger partial charge in [0, 0.05) is 37.6 Å². The SMILES string of the molecule is C=CCO[C@H]1CN(C2CCN(c3c(C)noc3C)CC2)CC1NC(=O)CNc1n[nH]c2ccc(C(F)(F)F)cc12. The van der Waals surface area contributed by atoms with Crippen molar-refractivity contribution in [2.45, 2.75) is 51.1 Å². The minimum Gasteiger partial charge on any atom is -0.371 e. The van der Waals surface area contributed by atoms with Crippen molar-refractivity contribution in [3.63, 3.8) is 0 Å². The normalized spacial score (nSPS) is 20.8. The van der Waals surface area contributed by atoms with Crippen LogP contribution in [0.4, 0.5) is 24.7 Å². The second kappa shape index (κ2) is 11.5. The molecule has 40 heavy (non-hydrogen) atoms. The first-order valence-electron chi connectivity index (χ1n) is 13.4. The highest BCUT2D eigenvalue weighted by Crippen LogP contribution is 2.33. The maximum absolute atomic E-state index is 13.2. The molecule has 5 rings (SSSR count). The molecule has 3 N–H and O–H groups in total. The number of fused-ring (bicyclic) bond motifs is 1. The molecule has 2 aromatic heterocycles. The summed E-state index contributed by atoms with van der Waals surface area (Å²) in [6, 6.07) is 3.45. The van der Waals surface area contributed by atoms with E-state index >= 15 is 0 Å². The van der Waals surface area contributed by atoms with Gasteiger partial charge in [0.15, 0.2) is 11.6 Å². The quantitative estimate of drug-likeness (QED) is 0.340. The smallest absolute Gasteiger partial charge is 0.371 e. The molecule has 1 unspecified atom stereocenters. The van der Waals surface area contributed by atoms with E-state index in [1.807, 2.05) is 13.8 Å². The van der Waals surface area contributed by atoms with Gasteiger partial charge in [-0.2, -0.15) is 18.3 Å². The number of nitrogens with one attached hydrogen (secondary N) is 3. The fourth-order valence-corrected chi connectivity index (χ4v) is 5.73. The highest BCUT2D eigenvalue weighted by molar-refractivity contribution is 5.92. The van der Waals surface area contributed by atoms with Gasteiger partial charge in [-0.25, -0.2) is 0 Å². The number of anilines is 2. The van der Waals surface area contributed by atoms with Crippen molar-refractivity contribution in [2.24, 2.45) is 0 Å². The first kappa shape index (κ1) is 28.0. The fourth-order valence-electron chi connectivity index (χ4n) is 5.73. The van der Waals surface area contributed by atoms with E-state index in [2.05, 4.69) is 42.4 Å². The Hall–Kier alpha value is -3.58. The van der Waals surface area contributed by atoms with Gasteiger partial charge in [0.25, 0.3) is 0 Å². The van der Waals surface area contributed by atoms with Crippen LogP contribution in [-0.2, 0) is 15.7 Å². The third kappa shape index (κ3) is 5.94. The highest BCUT2D eigenvalue weighted by atomic mass is 19.4. The number of carbonyl (C=O) groups is 1. The van der Waals surface area contributed by atoms with Gasteiger partial charge in [0.1, 0.15) is 11.4 Å². The molecule has 2 saturated heterocycles. The summed E-state index contributed by atoms with van der Waals surface area (Å²) in [5, 5.41) is 17.0. The maximum atomic E-state index is 13.2. The zero-order valence-corrected chi connectivity index (χ0v) is 22.6. The van der Waals surface area contributed by atoms with Crippen molar-refractivity contribution in [1.29, 1.82) is 0 Å². The van der Waals surface area contributed by atoms with Gasteiger partial charge in [0.05, 0.1) is 36.4 Å². The predicted octanol–water partition coefficient (Wildman–Crippen LogP) is 3.64. The van der Waals surface area contributed by atoms with Crippen LogP contribution >= 0.6 is 0 Å². The number of nitrogens with zero attached hydrogens (tertiary/aromatic N) is 4. The van der Waals surface area contributed by atoms with Crippen molar-refractivity contribution in [3.8, 4) is 0 Å². The van der Waals surface area contributed by atoms with Gasteiger partial charge >= 0.3 is 6.18 Å². The van der Waals surface area contributed by atoms with Crippen LogP contribution < -0.4 is 15.5 Å². The molecule has 2 fully saturated rings. The van der Waals surface area contributed by atoms with Crippen LogP contribution in [0.15, 0.2) is 35.4 Å². The maximum Gasteiger partial charge on any atom is 0.416 e. The molecule has 13 heteroatoms. The molecule has 0 saturated carbocycles. The number of aromatic nitrogens is 3. The molecule has 2 aliphatic heterocycles. The molecule has 1 aromatic carbocycles. The zero-order chi connectivity index (χ0) is 28.4. The Balaban J connectivity index is 1.18. The number of piperidine rings is 1. The Kier molecular flexibility index (Phi) is 8.04. The molecule has 216 valence electrons. The van der Waals surface area contributed by atoms with Crippen LogP contribution in [0.3, 0.4) is 0 Å². The minimum atomic E-state index is -4.47. The molecule has 1 amide bonds. The first-order valence-corrected chi connectivity index (χ1v) is 13.4. The Labute approximate surface area is 229 Å². The molecule has 2 atom stereocenters. The summed E-state index contributed by atoms with van der Waals surface area (Å²) < 4.78 is 50.8. The Morgan fingerprint density at radius 2 is 2.05 bits per heavy atom.